The van der Waals surface area contributed by atoms with Gasteiger partial charge in [0.05, 0.1) is 0 Å². The van der Waals surface area contributed by atoms with Crippen LogP contribution in [-0.4, -0.2) is 5.43 Å². The first-order valence-corrected chi connectivity index (χ1v) is 35.4. The summed E-state index contributed by atoms with van der Waals surface area (Å²) in [5, 5.41) is 0. The summed E-state index contributed by atoms with van der Waals surface area (Å²) in [7, 11) is 18.1. The zero-order valence-corrected chi connectivity index (χ0v) is 39.3. The molecular weight excluding hydrogens is 823 g/mol. The summed E-state index contributed by atoms with van der Waals surface area (Å²) in [4.78, 5) is 0. The second kappa shape index (κ2) is 14.5. The summed E-state index contributed by atoms with van der Waals surface area (Å²) < 4.78 is 13.0. The van der Waals surface area contributed by atoms with Gasteiger partial charge in [-0.1, -0.05) is 0 Å². The average molecular weight is 875 g/mol. The number of halogens is 2. The van der Waals surface area contributed by atoms with Crippen molar-refractivity contribution in [2.75, 3.05) is 0 Å². The van der Waals surface area contributed by atoms with Crippen LogP contribution in [0.25, 0.3) is 45.6 Å². The Morgan fingerprint density at radius 2 is 0.946 bits per heavy atom. The standard InChI is InChI=1S/2C24H23O.C2H6Si.2ClH.Zr/c2*1-5-18-8-6-7-9-21(18)24-15(2)10-11-19-13-20(14-22(19)24)23-12-16(3)17(4)25-23;1-3-2;;;/h2*6-14H,5H2,1-4H3;1-2H3;2*1H;/q;;;;;+2/p-2. The molecule has 0 bridgehead atoms. The van der Waals surface area contributed by atoms with Gasteiger partial charge in [-0.3, -0.25) is 0 Å². The van der Waals surface area contributed by atoms with Gasteiger partial charge in [0.15, 0.2) is 0 Å². The number of allylic oxidation sites excluding steroid dienone is 2. The number of benzene rings is 4. The molecule has 286 valence electrons. The van der Waals surface area contributed by atoms with Crippen LogP contribution in [0, 0.1) is 41.5 Å². The van der Waals surface area contributed by atoms with Crippen molar-refractivity contribution < 1.29 is 23.8 Å². The Balaban J connectivity index is 1.49. The normalized spacial score (nSPS) is 16.5. The Hall–Kier alpha value is -3.40. The van der Waals surface area contributed by atoms with E-state index < -0.39 is 20.4 Å². The Labute approximate surface area is 341 Å². The van der Waals surface area contributed by atoms with Gasteiger partial charge in [0.1, 0.15) is 0 Å². The van der Waals surface area contributed by atoms with Crippen molar-refractivity contribution in [2.45, 2.75) is 88.6 Å². The third-order valence-electron chi connectivity index (χ3n) is 13.1. The van der Waals surface area contributed by atoms with E-state index in [2.05, 4.69) is 166 Å². The minimum absolute atomic E-state index is 0.221. The Kier molecular flexibility index (Phi) is 10.2. The Bertz CT molecular complexity index is 2510. The summed E-state index contributed by atoms with van der Waals surface area (Å²) in [6, 6.07) is 31.4. The molecule has 2 heterocycles. The van der Waals surface area contributed by atoms with E-state index in [4.69, 9.17) is 25.9 Å². The summed E-state index contributed by atoms with van der Waals surface area (Å²) in [5.41, 5.74) is 18.2. The van der Waals surface area contributed by atoms with E-state index in [0.717, 1.165) is 58.2 Å². The first-order valence-electron chi connectivity index (χ1n) is 20.1. The molecule has 0 saturated heterocycles. The zero-order valence-electron chi connectivity index (χ0n) is 34.4. The summed E-state index contributed by atoms with van der Waals surface area (Å²) in [5.74, 6) is 3.58. The number of fused-ring (bicyclic) bond motifs is 2. The summed E-state index contributed by atoms with van der Waals surface area (Å²) in [6.45, 7) is 22.1. The Morgan fingerprint density at radius 1 is 0.554 bits per heavy atom. The van der Waals surface area contributed by atoms with Crippen molar-refractivity contribution in [3.63, 3.8) is 0 Å². The molecule has 2 atom stereocenters. The maximum atomic E-state index is 9.03. The molecule has 0 radical (unpaired) electrons. The van der Waals surface area contributed by atoms with E-state index in [9.17, 15) is 0 Å². The molecular formula is C50H52Cl2O2SiZr. The van der Waals surface area contributed by atoms with E-state index in [1.165, 1.54) is 66.8 Å². The predicted molar refractivity (Wildman–Crippen MR) is 239 cm³/mol. The minimum atomic E-state index is -5.41. The molecule has 0 N–H and O–H groups in total. The fourth-order valence-electron chi connectivity index (χ4n) is 9.72. The van der Waals surface area contributed by atoms with Crippen LogP contribution in [0.15, 0.2) is 93.8 Å². The second-order valence-electron chi connectivity index (χ2n) is 16.5. The third-order valence-corrected chi connectivity index (χ3v) is 59.3. The number of furan rings is 2. The number of aryl methyl sites for hydroxylation is 8. The monoisotopic (exact) mass is 872 g/mol. The maximum absolute atomic E-state index is 9.03. The van der Waals surface area contributed by atoms with Crippen LogP contribution in [0.5, 0.6) is 0 Å². The van der Waals surface area contributed by atoms with Crippen LogP contribution in [0.3, 0.4) is 0 Å². The molecule has 8 rings (SSSR count). The number of hydrogen-bond donors (Lipinski definition) is 0. The van der Waals surface area contributed by atoms with Gasteiger partial charge in [0, 0.05) is 0 Å². The molecule has 56 heavy (non-hydrogen) atoms. The van der Waals surface area contributed by atoms with Gasteiger partial charge in [-0.2, -0.15) is 0 Å². The molecule has 0 aliphatic heterocycles. The van der Waals surface area contributed by atoms with Gasteiger partial charge < -0.3 is 0 Å². The van der Waals surface area contributed by atoms with Crippen molar-refractivity contribution in [2.24, 2.45) is 0 Å². The van der Waals surface area contributed by atoms with E-state index in [-0.39, 0.29) is 7.25 Å². The molecule has 0 saturated carbocycles. The molecule has 6 aromatic rings. The van der Waals surface area contributed by atoms with Crippen LogP contribution in [0.4, 0.5) is 0 Å². The quantitative estimate of drug-likeness (QED) is 0.142. The molecule has 0 fully saturated rings. The first kappa shape index (κ1) is 39.4. The van der Waals surface area contributed by atoms with Gasteiger partial charge in [0.2, 0.25) is 0 Å². The van der Waals surface area contributed by atoms with Crippen molar-refractivity contribution in [3.8, 4) is 22.3 Å². The van der Waals surface area contributed by atoms with E-state index in [0.29, 0.717) is 0 Å². The number of hydrogen-bond acceptors (Lipinski definition) is 2. The zero-order chi connectivity index (χ0) is 39.9. The van der Waals surface area contributed by atoms with Crippen LogP contribution in [0.1, 0.15) is 99.8 Å². The molecule has 2 aliphatic rings. The fourth-order valence-corrected chi connectivity index (χ4v) is 37.4. The number of rotatable bonds is 8. The van der Waals surface area contributed by atoms with Crippen molar-refractivity contribution in [1.29, 1.82) is 0 Å². The van der Waals surface area contributed by atoms with Gasteiger partial charge in [-0.05, 0) is 0 Å². The molecule has 0 spiro atoms. The van der Waals surface area contributed by atoms with Gasteiger partial charge in [-0.15, -0.1) is 0 Å². The Morgan fingerprint density at radius 3 is 1.29 bits per heavy atom. The van der Waals surface area contributed by atoms with Gasteiger partial charge in [-0.25, -0.2) is 0 Å². The average Bonchev–Trinajstić information content (AvgIpc) is 3.94. The van der Waals surface area contributed by atoms with E-state index >= 15 is 0 Å². The molecule has 0 amide bonds. The van der Waals surface area contributed by atoms with Gasteiger partial charge >= 0.3 is 344 Å². The molecule has 2 nitrogen and oxygen atoms in total. The summed E-state index contributed by atoms with van der Waals surface area (Å²) >= 11 is -5.41. The molecule has 2 aliphatic carbocycles. The van der Waals surface area contributed by atoms with Crippen LogP contribution in [-0.2, 0) is 27.9 Å². The van der Waals surface area contributed by atoms with Crippen molar-refractivity contribution in [1.82, 2.24) is 0 Å². The SMILES string of the molecule is CCc1ccccc1-c1c(C)ccc2c1C=C(c1cc(C)c(C)o1)[CH]2[Zr]([Cl])([Cl])([CH]1C(c2cc(C)c(C)o2)=Cc2c1ccc(C)c2-c1ccccc1CC)=[Si](C)C. The van der Waals surface area contributed by atoms with Crippen LogP contribution >= 0.6 is 17.0 Å². The van der Waals surface area contributed by atoms with Gasteiger partial charge in [0.25, 0.3) is 0 Å². The van der Waals surface area contributed by atoms with Crippen LogP contribution in [0.2, 0.25) is 13.1 Å². The fraction of sp³-hybridized carbons (Fsp3) is 0.280. The first-order chi connectivity index (χ1) is 26.7. The van der Waals surface area contributed by atoms with Crippen LogP contribution < -0.4 is 0 Å². The molecule has 4 aromatic carbocycles. The summed E-state index contributed by atoms with van der Waals surface area (Å²) in [6.07, 6.45) is 6.68. The van der Waals surface area contributed by atoms with E-state index in [1.807, 2.05) is 0 Å². The molecule has 2 aromatic heterocycles. The van der Waals surface area contributed by atoms with E-state index in [1.54, 1.807) is 0 Å². The van der Waals surface area contributed by atoms with Crippen molar-refractivity contribution in [3.05, 3.63) is 164 Å². The molecule has 6 heteroatoms. The second-order valence-corrected chi connectivity index (χ2v) is 55.2. The topological polar surface area (TPSA) is 26.3 Å². The van der Waals surface area contributed by atoms with Crippen molar-refractivity contribution >= 4 is 45.8 Å². The molecule has 2 unspecified atom stereocenters. The third kappa shape index (κ3) is 5.95. The predicted octanol–water partition coefficient (Wildman–Crippen LogP) is 15.3.